The monoisotopic (exact) mass is 310 g/mol. The van der Waals surface area contributed by atoms with Crippen molar-refractivity contribution in [3.63, 3.8) is 0 Å². The highest BCUT2D eigenvalue weighted by atomic mass is 16.6. The molecule has 3 aromatic rings. The number of fused-ring (bicyclic) bond motifs is 1. The van der Waals surface area contributed by atoms with Gasteiger partial charge in [0.05, 0.1) is 17.6 Å². The lowest BCUT2D eigenvalue weighted by molar-refractivity contribution is -0.134. The average Bonchev–Trinajstić information content (AvgIpc) is 3.00. The Labute approximate surface area is 134 Å². The van der Waals surface area contributed by atoms with E-state index >= 15 is 0 Å². The van der Waals surface area contributed by atoms with Crippen LogP contribution in [0.25, 0.3) is 22.4 Å². The molecule has 5 heteroatoms. The van der Waals surface area contributed by atoms with Crippen LogP contribution in [0.3, 0.4) is 0 Å². The van der Waals surface area contributed by atoms with E-state index in [4.69, 9.17) is 9.47 Å². The first kappa shape index (κ1) is 15.1. The summed E-state index contributed by atoms with van der Waals surface area (Å²) >= 11 is 0. The molecule has 5 nitrogen and oxygen atoms in total. The van der Waals surface area contributed by atoms with Crippen molar-refractivity contribution >= 4 is 17.0 Å². The van der Waals surface area contributed by atoms with Crippen molar-refractivity contribution in [3.8, 4) is 22.9 Å². The van der Waals surface area contributed by atoms with Crippen LogP contribution in [-0.4, -0.2) is 22.5 Å². The topological polar surface area (TPSA) is 64.2 Å². The molecule has 1 N–H and O–H groups in total. The van der Waals surface area contributed by atoms with Gasteiger partial charge in [0.1, 0.15) is 5.82 Å². The summed E-state index contributed by atoms with van der Waals surface area (Å²) in [6.45, 7) is 4.13. The van der Waals surface area contributed by atoms with Crippen molar-refractivity contribution in [3.05, 3.63) is 42.5 Å². The van der Waals surface area contributed by atoms with Gasteiger partial charge in [-0.3, -0.25) is 4.79 Å². The van der Waals surface area contributed by atoms with Gasteiger partial charge in [0, 0.05) is 12.0 Å². The van der Waals surface area contributed by atoms with Gasteiger partial charge in [-0.05, 0) is 37.3 Å². The van der Waals surface area contributed by atoms with E-state index in [9.17, 15) is 4.79 Å². The Morgan fingerprint density at radius 1 is 1.13 bits per heavy atom. The third-order valence-electron chi connectivity index (χ3n) is 3.42. The molecule has 0 atom stereocenters. The number of nitrogens with zero attached hydrogens (tertiary/aromatic N) is 1. The zero-order chi connectivity index (χ0) is 16.2. The van der Waals surface area contributed by atoms with Crippen molar-refractivity contribution in [2.45, 2.75) is 20.3 Å². The maximum Gasteiger partial charge on any atom is 0.311 e. The smallest absolute Gasteiger partial charge is 0.311 e. The molecule has 0 amide bonds. The molecule has 0 spiro atoms. The second-order valence-electron chi connectivity index (χ2n) is 5.02. The third kappa shape index (κ3) is 3.18. The van der Waals surface area contributed by atoms with Crippen LogP contribution in [0.2, 0.25) is 0 Å². The number of hydrogen-bond acceptors (Lipinski definition) is 4. The number of benzene rings is 2. The second kappa shape index (κ2) is 6.52. The number of aromatic amines is 1. The third-order valence-corrected chi connectivity index (χ3v) is 3.42. The van der Waals surface area contributed by atoms with Crippen LogP contribution in [0.5, 0.6) is 11.5 Å². The van der Waals surface area contributed by atoms with E-state index in [1.807, 2.05) is 43.3 Å². The lowest BCUT2D eigenvalue weighted by atomic mass is 10.2. The molecule has 0 bridgehead atoms. The molecule has 0 aliphatic heterocycles. The standard InChI is InChI=1S/C18H18N2O3/c1-3-17(21)23-15-10-9-12(11-16(15)22-4-2)18-19-13-7-5-6-8-14(13)20-18/h5-11H,3-4H2,1-2H3,(H,19,20). The van der Waals surface area contributed by atoms with Crippen LogP contribution >= 0.6 is 0 Å². The number of carbonyl (C=O) groups is 1. The minimum atomic E-state index is -0.289. The van der Waals surface area contributed by atoms with E-state index < -0.39 is 0 Å². The fourth-order valence-electron chi connectivity index (χ4n) is 2.29. The Morgan fingerprint density at radius 2 is 1.96 bits per heavy atom. The van der Waals surface area contributed by atoms with Crippen LogP contribution in [0.4, 0.5) is 0 Å². The molecule has 0 aliphatic rings. The van der Waals surface area contributed by atoms with E-state index in [2.05, 4.69) is 9.97 Å². The lowest BCUT2D eigenvalue weighted by Gasteiger charge is -2.11. The Balaban J connectivity index is 1.99. The van der Waals surface area contributed by atoms with Crippen molar-refractivity contribution < 1.29 is 14.3 Å². The summed E-state index contributed by atoms with van der Waals surface area (Å²) in [5.74, 6) is 1.42. The zero-order valence-corrected chi connectivity index (χ0v) is 13.1. The van der Waals surface area contributed by atoms with Gasteiger partial charge >= 0.3 is 5.97 Å². The highest BCUT2D eigenvalue weighted by Crippen LogP contribution is 2.32. The Morgan fingerprint density at radius 3 is 2.70 bits per heavy atom. The maximum absolute atomic E-state index is 11.5. The highest BCUT2D eigenvalue weighted by Gasteiger charge is 2.13. The minimum Gasteiger partial charge on any atom is -0.490 e. The number of aromatic nitrogens is 2. The lowest BCUT2D eigenvalue weighted by Crippen LogP contribution is -2.07. The number of rotatable bonds is 5. The largest absolute Gasteiger partial charge is 0.490 e. The first-order valence-electron chi connectivity index (χ1n) is 7.64. The maximum atomic E-state index is 11.5. The predicted molar refractivity (Wildman–Crippen MR) is 88.6 cm³/mol. The summed E-state index contributed by atoms with van der Waals surface area (Å²) in [6.07, 6.45) is 0.316. The Hall–Kier alpha value is -2.82. The van der Waals surface area contributed by atoms with Gasteiger partial charge in [-0.25, -0.2) is 4.98 Å². The fourth-order valence-corrected chi connectivity index (χ4v) is 2.29. The predicted octanol–water partition coefficient (Wildman–Crippen LogP) is 3.94. The van der Waals surface area contributed by atoms with Gasteiger partial charge < -0.3 is 14.5 Å². The number of carbonyl (C=O) groups excluding carboxylic acids is 1. The first-order chi connectivity index (χ1) is 11.2. The summed E-state index contributed by atoms with van der Waals surface area (Å²) in [5, 5.41) is 0. The van der Waals surface area contributed by atoms with E-state index in [0.29, 0.717) is 24.5 Å². The van der Waals surface area contributed by atoms with Gasteiger partial charge in [0.15, 0.2) is 11.5 Å². The molecule has 0 saturated heterocycles. The molecule has 1 aromatic heterocycles. The quantitative estimate of drug-likeness (QED) is 0.572. The van der Waals surface area contributed by atoms with Gasteiger partial charge in [0.25, 0.3) is 0 Å². The molecule has 0 saturated carbocycles. The van der Waals surface area contributed by atoms with Crippen LogP contribution in [0.1, 0.15) is 20.3 Å². The Kier molecular flexibility index (Phi) is 4.28. The molecular formula is C18H18N2O3. The summed E-state index contributed by atoms with van der Waals surface area (Å²) < 4.78 is 10.9. The number of esters is 1. The van der Waals surface area contributed by atoms with E-state index in [1.54, 1.807) is 13.0 Å². The van der Waals surface area contributed by atoms with Crippen LogP contribution in [0, 0.1) is 0 Å². The van der Waals surface area contributed by atoms with Crippen LogP contribution < -0.4 is 9.47 Å². The Bertz CT molecular complexity index is 806. The SMILES string of the molecule is CCOc1cc(-c2nc3ccccc3[nH]2)ccc1OC(=O)CC. The number of hydrogen-bond donors (Lipinski definition) is 1. The van der Waals surface area contributed by atoms with Gasteiger partial charge in [0.2, 0.25) is 0 Å². The second-order valence-corrected chi connectivity index (χ2v) is 5.02. The zero-order valence-electron chi connectivity index (χ0n) is 13.1. The van der Waals surface area contributed by atoms with Crippen molar-refractivity contribution in [2.24, 2.45) is 0 Å². The van der Waals surface area contributed by atoms with E-state index in [1.165, 1.54) is 0 Å². The molecule has 0 aliphatic carbocycles. The summed E-state index contributed by atoms with van der Waals surface area (Å²) in [6, 6.07) is 13.3. The molecular weight excluding hydrogens is 292 g/mol. The van der Waals surface area contributed by atoms with Crippen molar-refractivity contribution in [1.82, 2.24) is 9.97 Å². The van der Waals surface area contributed by atoms with E-state index in [0.717, 1.165) is 22.4 Å². The summed E-state index contributed by atoms with van der Waals surface area (Å²) in [4.78, 5) is 19.4. The highest BCUT2D eigenvalue weighted by molar-refractivity contribution is 5.80. The molecule has 1 heterocycles. The van der Waals surface area contributed by atoms with Gasteiger partial charge in [-0.15, -0.1) is 0 Å². The van der Waals surface area contributed by atoms with Crippen LogP contribution in [-0.2, 0) is 4.79 Å². The average molecular weight is 310 g/mol. The molecule has 23 heavy (non-hydrogen) atoms. The van der Waals surface area contributed by atoms with Gasteiger partial charge in [-0.2, -0.15) is 0 Å². The minimum absolute atomic E-state index is 0.289. The number of para-hydroxylation sites is 2. The number of ether oxygens (including phenoxy) is 2. The first-order valence-corrected chi connectivity index (χ1v) is 7.64. The molecule has 0 fully saturated rings. The van der Waals surface area contributed by atoms with Crippen molar-refractivity contribution in [2.75, 3.05) is 6.61 Å². The number of nitrogens with one attached hydrogen (secondary N) is 1. The number of H-pyrrole nitrogens is 1. The van der Waals surface area contributed by atoms with E-state index in [-0.39, 0.29) is 5.97 Å². The fraction of sp³-hybridized carbons (Fsp3) is 0.222. The van der Waals surface area contributed by atoms with Crippen LogP contribution in [0.15, 0.2) is 42.5 Å². The molecule has 0 unspecified atom stereocenters. The van der Waals surface area contributed by atoms with Crippen molar-refractivity contribution in [1.29, 1.82) is 0 Å². The molecule has 2 aromatic carbocycles. The summed E-state index contributed by atoms with van der Waals surface area (Å²) in [5.41, 5.74) is 2.75. The molecule has 118 valence electrons. The number of imidazole rings is 1. The molecule has 0 radical (unpaired) electrons. The summed E-state index contributed by atoms with van der Waals surface area (Å²) in [7, 11) is 0. The van der Waals surface area contributed by atoms with Gasteiger partial charge in [-0.1, -0.05) is 19.1 Å². The molecule has 3 rings (SSSR count). The normalized spacial score (nSPS) is 10.7.